The number of rotatable bonds is 0. The van der Waals surface area contributed by atoms with Crippen molar-refractivity contribution in [2.75, 3.05) is 25.2 Å². The molecular weight excluding hydrogens is 162 g/mol. The highest BCUT2D eigenvalue weighted by Gasteiger charge is 2.33. The molecule has 66 valence electrons. The molecule has 0 saturated carbocycles. The molecule has 1 fully saturated rings. The average Bonchev–Trinajstić information content (AvgIpc) is 1.49. The Balaban J connectivity index is 2.83. The molecular formula is C7H15NO2S. The van der Waals surface area contributed by atoms with Crippen LogP contribution < -0.4 is 0 Å². The van der Waals surface area contributed by atoms with E-state index in [1.165, 1.54) is 0 Å². The van der Waals surface area contributed by atoms with Crippen LogP contribution in [0.5, 0.6) is 0 Å². The highest BCUT2D eigenvalue weighted by Crippen LogP contribution is 2.24. The summed E-state index contributed by atoms with van der Waals surface area (Å²) in [4.78, 5) is 1.86. The van der Waals surface area contributed by atoms with Crippen LogP contribution in [0.1, 0.15) is 13.8 Å². The highest BCUT2D eigenvalue weighted by molar-refractivity contribution is 7.91. The Bertz CT molecular complexity index is 243. The van der Waals surface area contributed by atoms with Gasteiger partial charge in [-0.15, -0.1) is 0 Å². The second kappa shape index (κ2) is 2.45. The quantitative estimate of drug-likeness (QED) is 0.535. The van der Waals surface area contributed by atoms with E-state index in [9.17, 15) is 8.42 Å². The van der Waals surface area contributed by atoms with Crippen molar-refractivity contribution < 1.29 is 8.42 Å². The van der Waals surface area contributed by atoms with Gasteiger partial charge in [-0.1, -0.05) is 13.8 Å². The Hall–Kier alpha value is -0.0900. The Morgan fingerprint density at radius 1 is 1.36 bits per heavy atom. The van der Waals surface area contributed by atoms with E-state index in [4.69, 9.17) is 0 Å². The van der Waals surface area contributed by atoms with E-state index in [2.05, 4.69) is 0 Å². The van der Waals surface area contributed by atoms with Gasteiger partial charge in [0.15, 0.2) is 9.84 Å². The molecule has 0 bridgehead atoms. The number of hydrogen-bond donors (Lipinski definition) is 0. The molecule has 1 aliphatic heterocycles. The molecule has 1 aliphatic rings. The lowest BCUT2D eigenvalue weighted by Gasteiger charge is -2.35. The summed E-state index contributed by atoms with van der Waals surface area (Å²) in [6.07, 6.45) is 0. The Kier molecular flexibility index (Phi) is 2.01. The van der Waals surface area contributed by atoms with Crippen LogP contribution in [0.2, 0.25) is 0 Å². The van der Waals surface area contributed by atoms with E-state index in [1.54, 1.807) is 0 Å². The zero-order valence-electron chi connectivity index (χ0n) is 7.29. The third-order valence-corrected chi connectivity index (χ3v) is 3.78. The molecule has 0 radical (unpaired) electrons. The number of hydrogen-bond acceptors (Lipinski definition) is 3. The summed E-state index contributed by atoms with van der Waals surface area (Å²) in [5.41, 5.74) is -0.0775. The largest absolute Gasteiger partial charge is 0.292 e. The molecule has 0 aromatic carbocycles. The van der Waals surface area contributed by atoms with Crippen LogP contribution in [0, 0.1) is 5.41 Å². The first-order valence-electron chi connectivity index (χ1n) is 3.70. The summed E-state index contributed by atoms with van der Waals surface area (Å²) in [6.45, 7) is 4.84. The van der Waals surface area contributed by atoms with Crippen molar-refractivity contribution in [1.82, 2.24) is 4.90 Å². The molecule has 1 rings (SSSR count). The van der Waals surface area contributed by atoms with Gasteiger partial charge in [0.2, 0.25) is 0 Å². The third kappa shape index (κ3) is 2.45. The lowest BCUT2D eigenvalue weighted by Crippen LogP contribution is -2.45. The summed E-state index contributed by atoms with van der Waals surface area (Å²) < 4.78 is 22.5. The first-order chi connectivity index (χ1) is 4.81. The van der Waals surface area contributed by atoms with Gasteiger partial charge in [0.05, 0.1) is 5.75 Å². The molecule has 0 spiro atoms. The normalized spacial score (nSPS) is 30.1. The van der Waals surface area contributed by atoms with Crippen LogP contribution in [-0.4, -0.2) is 38.5 Å². The summed E-state index contributed by atoms with van der Waals surface area (Å²) in [5, 5.41) is 0. The van der Waals surface area contributed by atoms with Crippen LogP contribution in [0.4, 0.5) is 0 Å². The van der Waals surface area contributed by atoms with Gasteiger partial charge in [-0.2, -0.15) is 0 Å². The van der Waals surface area contributed by atoms with Gasteiger partial charge in [0.25, 0.3) is 0 Å². The minimum atomic E-state index is -2.81. The molecule has 0 N–H and O–H groups in total. The van der Waals surface area contributed by atoms with Crippen molar-refractivity contribution >= 4 is 9.84 Å². The number of nitrogens with zero attached hydrogens (tertiary/aromatic N) is 1. The maximum absolute atomic E-state index is 11.2. The van der Waals surface area contributed by atoms with Crippen molar-refractivity contribution in [2.24, 2.45) is 5.41 Å². The zero-order valence-corrected chi connectivity index (χ0v) is 8.11. The first-order valence-corrected chi connectivity index (χ1v) is 5.52. The topological polar surface area (TPSA) is 37.4 Å². The molecule has 3 nitrogen and oxygen atoms in total. The van der Waals surface area contributed by atoms with E-state index in [1.807, 2.05) is 25.8 Å². The predicted octanol–water partition coefficient (Wildman–Crippen LogP) is 0.330. The fourth-order valence-corrected chi connectivity index (χ4v) is 3.93. The van der Waals surface area contributed by atoms with Gasteiger partial charge in [-0.3, -0.25) is 4.90 Å². The lowest BCUT2D eigenvalue weighted by molar-refractivity contribution is 0.235. The van der Waals surface area contributed by atoms with Crippen LogP contribution in [0.25, 0.3) is 0 Å². The maximum Gasteiger partial charge on any atom is 0.164 e. The predicted molar refractivity (Wildman–Crippen MR) is 45.1 cm³/mol. The minimum Gasteiger partial charge on any atom is -0.292 e. The van der Waals surface area contributed by atoms with E-state index >= 15 is 0 Å². The van der Waals surface area contributed by atoms with Gasteiger partial charge in [-0.25, -0.2) is 8.42 Å². The van der Waals surface area contributed by atoms with Gasteiger partial charge < -0.3 is 0 Å². The SMILES string of the molecule is CN1CC(C)(C)CS(=O)(=O)C1. The fourth-order valence-electron chi connectivity index (χ4n) is 1.80. The molecule has 1 saturated heterocycles. The third-order valence-electron chi connectivity index (χ3n) is 1.73. The molecule has 0 atom stereocenters. The van der Waals surface area contributed by atoms with Crippen molar-refractivity contribution in [3.8, 4) is 0 Å². The maximum atomic E-state index is 11.2. The monoisotopic (exact) mass is 177 g/mol. The highest BCUT2D eigenvalue weighted by atomic mass is 32.2. The Labute approximate surface area is 68.3 Å². The lowest BCUT2D eigenvalue weighted by atomic mass is 9.96. The molecule has 4 heteroatoms. The standard InChI is InChI=1S/C7H15NO2S/c1-7(2)4-8(3)6-11(9,10)5-7/h4-6H2,1-3H3. The molecule has 0 unspecified atom stereocenters. The summed E-state index contributed by atoms with van der Waals surface area (Å²) in [6, 6.07) is 0. The number of sulfone groups is 1. The van der Waals surface area contributed by atoms with E-state index < -0.39 is 9.84 Å². The minimum absolute atomic E-state index is 0.0775. The van der Waals surface area contributed by atoms with Crippen LogP contribution >= 0.6 is 0 Å². The second-order valence-corrected chi connectivity index (χ2v) is 6.23. The van der Waals surface area contributed by atoms with E-state index in [0.717, 1.165) is 6.54 Å². The fraction of sp³-hybridized carbons (Fsp3) is 1.00. The van der Waals surface area contributed by atoms with Gasteiger partial charge in [0.1, 0.15) is 5.88 Å². The molecule has 0 aromatic heterocycles. The van der Waals surface area contributed by atoms with Gasteiger partial charge >= 0.3 is 0 Å². The molecule has 1 heterocycles. The summed E-state index contributed by atoms with van der Waals surface area (Å²) in [5.74, 6) is 0.542. The van der Waals surface area contributed by atoms with E-state index in [-0.39, 0.29) is 11.3 Å². The van der Waals surface area contributed by atoms with Crippen molar-refractivity contribution in [2.45, 2.75) is 13.8 Å². The van der Waals surface area contributed by atoms with Crippen LogP contribution in [0.3, 0.4) is 0 Å². The summed E-state index contributed by atoms with van der Waals surface area (Å²) >= 11 is 0. The average molecular weight is 177 g/mol. The van der Waals surface area contributed by atoms with Crippen molar-refractivity contribution in [3.05, 3.63) is 0 Å². The Morgan fingerprint density at radius 2 is 1.91 bits per heavy atom. The molecule has 0 aliphatic carbocycles. The van der Waals surface area contributed by atoms with Crippen LogP contribution in [-0.2, 0) is 9.84 Å². The first kappa shape index (κ1) is 9.00. The Morgan fingerprint density at radius 3 is 2.27 bits per heavy atom. The summed E-state index contributed by atoms with van der Waals surface area (Å²) in [7, 11) is -0.968. The zero-order chi connectivity index (χ0) is 8.70. The van der Waals surface area contributed by atoms with Crippen LogP contribution in [0.15, 0.2) is 0 Å². The van der Waals surface area contributed by atoms with Gasteiger partial charge in [-0.05, 0) is 12.5 Å². The van der Waals surface area contributed by atoms with E-state index in [0.29, 0.717) is 5.75 Å². The molecule has 0 amide bonds. The van der Waals surface area contributed by atoms with Gasteiger partial charge in [0, 0.05) is 6.54 Å². The molecule has 11 heavy (non-hydrogen) atoms. The second-order valence-electron chi connectivity index (χ2n) is 4.20. The van der Waals surface area contributed by atoms with Crippen molar-refractivity contribution in [1.29, 1.82) is 0 Å². The molecule has 0 aromatic rings. The smallest absolute Gasteiger partial charge is 0.164 e. The van der Waals surface area contributed by atoms with Crippen molar-refractivity contribution in [3.63, 3.8) is 0 Å².